The summed E-state index contributed by atoms with van der Waals surface area (Å²) in [5.41, 5.74) is -1.37. The van der Waals surface area contributed by atoms with E-state index in [4.69, 9.17) is 5.26 Å². The Morgan fingerprint density at radius 3 is 2.56 bits per heavy atom. The molecule has 0 unspecified atom stereocenters. The highest BCUT2D eigenvalue weighted by molar-refractivity contribution is 5.51. The fraction of sp³-hybridized carbons (Fsp3) is 0.125. The molecule has 0 radical (unpaired) electrons. The number of nitro benzene ring substituents is 1. The summed E-state index contributed by atoms with van der Waals surface area (Å²) in [6.07, 6.45) is 0. The van der Waals surface area contributed by atoms with Crippen molar-refractivity contribution in [3.63, 3.8) is 0 Å². The van der Waals surface area contributed by atoms with E-state index in [0.29, 0.717) is 12.1 Å². The number of alkyl halides is 2. The number of nitro groups is 1. The van der Waals surface area contributed by atoms with Crippen LogP contribution in [0.5, 0.6) is 5.75 Å². The van der Waals surface area contributed by atoms with Crippen LogP contribution in [-0.4, -0.2) is 11.5 Å². The summed E-state index contributed by atoms with van der Waals surface area (Å²) in [7, 11) is 0. The average molecular weight is 232 g/mol. The van der Waals surface area contributed by atoms with E-state index in [2.05, 4.69) is 4.74 Å². The van der Waals surface area contributed by atoms with Gasteiger partial charge in [-0.05, 0) is 0 Å². The average Bonchev–Trinajstić information content (AvgIpc) is 2.19. The third kappa shape index (κ3) is 2.38. The lowest BCUT2D eigenvalue weighted by Crippen LogP contribution is -2.06. The Morgan fingerprint density at radius 2 is 2.12 bits per heavy atom. The van der Waals surface area contributed by atoms with Crippen LogP contribution in [0.15, 0.2) is 12.1 Å². The van der Waals surface area contributed by atoms with Gasteiger partial charge in [-0.2, -0.15) is 14.0 Å². The lowest BCUT2D eigenvalue weighted by Gasteiger charge is -2.06. The molecule has 0 aliphatic rings. The van der Waals surface area contributed by atoms with Crippen LogP contribution in [0.3, 0.4) is 0 Å². The van der Waals surface area contributed by atoms with Crippen LogP contribution in [0.1, 0.15) is 5.56 Å². The third-order valence-electron chi connectivity index (χ3n) is 1.57. The molecule has 0 bridgehead atoms. The first kappa shape index (κ1) is 11.8. The maximum Gasteiger partial charge on any atom is 0.387 e. The van der Waals surface area contributed by atoms with Crippen LogP contribution < -0.4 is 4.74 Å². The Labute approximate surface area is 86.8 Å². The minimum absolute atomic E-state index is 0.401. The van der Waals surface area contributed by atoms with Gasteiger partial charge in [0.15, 0.2) is 11.6 Å². The van der Waals surface area contributed by atoms with Crippen LogP contribution in [0, 0.1) is 27.3 Å². The number of non-ortho nitro benzene ring substituents is 1. The first-order chi connectivity index (χ1) is 7.45. The molecule has 0 fully saturated rings. The normalized spacial score (nSPS) is 9.94. The van der Waals surface area contributed by atoms with Gasteiger partial charge < -0.3 is 4.74 Å². The summed E-state index contributed by atoms with van der Waals surface area (Å²) in [4.78, 5) is 9.35. The molecule has 0 amide bonds. The van der Waals surface area contributed by atoms with Crippen LogP contribution in [0.2, 0.25) is 0 Å². The maximum absolute atomic E-state index is 13.1. The fourth-order valence-corrected chi connectivity index (χ4v) is 0.976. The zero-order chi connectivity index (χ0) is 12.3. The first-order valence-corrected chi connectivity index (χ1v) is 3.78. The van der Waals surface area contributed by atoms with E-state index in [-0.39, 0.29) is 0 Å². The highest BCUT2D eigenvalue weighted by atomic mass is 19.3. The van der Waals surface area contributed by atoms with Crippen molar-refractivity contribution in [1.82, 2.24) is 0 Å². The van der Waals surface area contributed by atoms with Gasteiger partial charge in [-0.25, -0.2) is 4.39 Å². The van der Waals surface area contributed by atoms with Gasteiger partial charge in [0.2, 0.25) is 0 Å². The summed E-state index contributed by atoms with van der Waals surface area (Å²) < 4.78 is 40.5. The second-order valence-electron chi connectivity index (χ2n) is 2.55. The predicted octanol–water partition coefficient (Wildman–Crippen LogP) is 2.21. The van der Waals surface area contributed by atoms with Crippen molar-refractivity contribution in [1.29, 1.82) is 5.26 Å². The van der Waals surface area contributed by atoms with Crippen LogP contribution in [0.25, 0.3) is 0 Å². The predicted molar refractivity (Wildman–Crippen MR) is 44.4 cm³/mol. The molecule has 8 heteroatoms. The summed E-state index contributed by atoms with van der Waals surface area (Å²) in [6, 6.07) is 2.39. The molecule has 0 aliphatic heterocycles. The van der Waals surface area contributed by atoms with Crippen LogP contribution in [-0.2, 0) is 0 Å². The van der Waals surface area contributed by atoms with Crippen molar-refractivity contribution >= 4 is 5.69 Å². The molecule has 0 saturated heterocycles. The highest BCUT2D eigenvalue weighted by Gasteiger charge is 2.20. The highest BCUT2D eigenvalue weighted by Crippen LogP contribution is 2.28. The van der Waals surface area contributed by atoms with Crippen LogP contribution >= 0.6 is 0 Å². The van der Waals surface area contributed by atoms with Gasteiger partial charge >= 0.3 is 6.61 Å². The number of rotatable bonds is 3. The van der Waals surface area contributed by atoms with E-state index < -0.39 is 34.4 Å². The molecular formula is C8H3F3N2O3. The molecule has 1 rings (SSSR count). The lowest BCUT2D eigenvalue weighted by molar-refractivity contribution is -0.385. The molecule has 16 heavy (non-hydrogen) atoms. The van der Waals surface area contributed by atoms with Gasteiger partial charge in [-0.3, -0.25) is 10.1 Å². The van der Waals surface area contributed by atoms with E-state index >= 15 is 0 Å². The topological polar surface area (TPSA) is 76.2 Å². The number of halogens is 3. The van der Waals surface area contributed by atoms with Gasteiger partial charge in [0.1, 0.15) is 11.6 Å². The van der Waals surface area contributed by atoms with Crippen molar-refractivity contribution in [2.75, 3.05) is 0 Å². The minimum atomic E-state index is -3.32. The van der Waals surface area contributed by atoms with E-state index in [0.717, 1.165) is 0 Å². The summed E-state index contributed by atoms with van der Waals surface area (Å²) in [6.45, 7) is -3.32. The molecule has 84 valence electrons. The summed E-state index contributed by atoms with van der Waals surface area (Å²) in [5, 5.41) is 18.8. The molecule has 0 N–H and O–H groups in total. The minimum Gasteiger partial charge on any atom is -0.430 e. The Bertz CT molecular complexity index is 470. The molecule has 0 heterocycles. The smallest absolute Gasteiger partial charge is 0.387 e. The number of hydrogen-bond acceptors (Lipinski definition) is 4. The molecular weight excluding hydrogens is 229 g/mol. The van der Waals surface area contributed by atoms with E-state index in [9.17, 15) is 23.3 Å². The number of benzene rings is 1. The van der Waals surface area contributed by atoms with Crippen molar-refractivity contribution in [2.45, 2.75) is 6.61 Å². The SMILES string of the molecule is N#Cc1cc([N+](=O)[O-])cc(F)c1OC(F)F. The van der Waals surface area contributed by atoms with Gasteiger partial charge in [0, 0.05) is 6.07 Å². The van der Waals surface area contributed by atoms with Crippen molar-refractivity contribution < 1.29 is 22.8 Å². The van der Waals surface area contributed by atoms with Gasteiger partial charge in [0.05, 0.1) is 11.0 Å². The molecule has 5 nitrogen and oxygen atoms in total. The van der Waals surface area contributed by atoms with Crippen molar-refractivity contribution in [3.8, 4) is 11.8 Å². The molecule has 0 aliphatic carbocycles. The zero-order valence-electron chi connectivity index (χ0n) is 7.49. The number of ether oxygens (including phenoxy) is 1. The molecule has 1 aromatic rings. The van der Waals surface area contributed by atoms with E-state index in [1.54, 1.807) is 0 Å². The van der Waals surface area contributed by atoms with Crippen LogP contribution in [0.4, 0.5) is 18.9 Å². The number of nitrogens with zero attached hydrogens (tertiary/aromatic N) is 2. The third-order valence-corrected chi connectivity index (χ3v) is 1.57. The second-order valence-corrected chi connectivity index (χ2v) is 2.55. The quantitative estimate of drug-likeness (QED) is 0.591. The van der Waals surface area contributed by atoms with Gasteiger partial charge in [-0.15, -0.1) is 0 Å². The molecule has 1 aromatic carbocycles. The van der Waals surface area contributed by atoms with Crippen molar-refractivity contribution in [2.24, 2.45) is 0 Å². The zero-order valence-corrected chi connectivity index (χ0v) is 7.49. The first-order valence-electron chi connectivity index (χ1n) is 3.78. The lowest BCUT2D eigenvalue weighted by atomic mass is 10.2. The molecule has 0 atom stereocenters. The summed E-state index contributed by atoms with van der Waals surface area (Å²) >= 11 is 0. The fourth-order valence-electron chi connectivity index (χ4n) is 0.976. The Kier molecular flexibility index (Phi) is 3.30. The second kappa shape index (κ2) is 4.48. The Balaban J connectivity index is 3.30. The molecule has 0 saturated carbocycles. The molecule has 0 aromatic heterocycles. The van der Waals surface area contributed by atoms with Crippen molar-refractivity contribution in [3.05, 3.63) is 33.6 Å². The number of hydrogen-bond donors (Lipinski definition) is 0. The largest absolute Gasteiger partial charge is 0.430 e. The summed E-state index contributed by atoms with van der Waals surface area (Å²) in [5.74, 6) is -2.38. The standard InChI is InChI=1S/C8H3F3N2O3/c9-6-2-5(13(14)15)1-4(3-12)7(6)16-8(10)11/h1-2,8H. The molecule has 0 spiro atoms. The Morgan fingerprint density at radius 1 is 1.50 bits per heavy atom. The van der Waals surface area contributed by atoms with Gasteiger partial charge in [-0.1, -0.05) is 0 Å². The Hall–Kier alpha value is -2.30. The monoisotopic (exact) mass is 232 g/mol. The van der Waals surface area contributed by atoms with Gasteiger partial charge in [0.25, 0.3) is 5.69 Å². The number of nitriles is 1. The van der Waals surface area contributed by atoms with E-state index in [1.165, 1.54) is 6.07 Å². The van der Waals surface area contributed by atoms with E-state index in [1.807, 2.05) is 0 Å². The maximum atomic E-state index is 13.1.